The highest BCUT2D eigenvalue weighted by atomic mass is 16.5. The summed E-state index contributed by atoms with van der Waals surface area (Å²) >= 11 is 0. The van der Waals surface area contributed by atoms with E-state index in [9.17, 15) is 0 Å². The average Bonchev–Trinajstić information content (AvgIpc) is 2.42. The predicted molar refractivity (Wildman–Crippen MR) is 69.7 cm³/mol. The maximum atomic E-state index is 5.36. The molecule has 5 nitrogen and oxygen atoms in total. The molecule has 0 saturated carbocycles. The van der Waals surface area contributed by atoms with Crippen molar-refractivity contribution in [1.29, 1.82) is 0 Å². The largest absolute Gasteiger partial charge is 0.496 e. The van der Waals surface area contributed by atoms with Gasteiger partial charge in [0, 0.05) is 32.3 Å². The molecule has 0 aliphatic carbocycles. The maximum Gasteiger partial charge on any atom is 0.130 e. The number of nitrogens with one attached hydrogen (secondary N) is 1. The molecule has 1 N–H and O–H groups in total. The molecule has 0 saturated heterocycles. The number of methoxy groups -OCH3 is 4. The van der Waals surface area contributed by atoms with Gasteiger partial charge in [0.25, 0.3) is 0 Å². The van der Waals surface area contributed by atoms with Gasteiger partial charge >= 0.3 is 0 Å². The molecule has 0 heterocycles. The quantitative estimate of drug-likeness (QED) is 0.712. The number of benzene rings is 1. The molecule has 0 fully saturated rings. The standard InChI is InChI=1S/C13H21NO4/c1-15-6-5-14-9-11-12(17-3)7-10(16-2)8-13(11)18-4/h7-8,14H,5-6,9H2,1-4H3. The van der Waals surface area contributed by atoms with E-state index in [0.29, 0.717) is 18.9 Å². The van der Waals surface area contributed by atoms with Gasteiger partial charge in [0.1, 0.15) is 17.2 Å². The Balaban J connectivity index is 2.85. The minimum atomic E-state index is 0.652. The number of rotatable bonds is 8. The summed E-state index contributed by atoms with van der Waals surface area (Å²) in [6, 6.07) is 3.69. The third kappa shape index (κ3) is 3.78. The Morgan fingerprint density at radius 2 is 1.56 bits per heavy atom. The minimum absolute atomic E-state index is 0.652. The van der Waals surface area contributed by atoms with Crippen LogP contribution in [-0.2, 0) is 11.3 Å². The molecule has 5 heteroatoms. The molecule has 18 heavy (non-hydrogen) atoms. The van der Waals surface area contributed by atoms with Crippen LogP contribution >= 0.6 is 0 Å². The van der Waals surface area contributed by atoms with Crippen LogP contribution in [0.1, 0.15) is 5.56 Å². The number of hydrogen-bond donors (Lipinski definition) is 1. The van der Waals surface area contributed by atoms with Gasteiger partial charge in [-0.05, 0) is 0 Å². The first-order chi connectivity index (χ1) is 8.76. The Bertz CT molecular complexity index is 343. The van der Waals surface area contributed by atoms with Crippen LogP contribution in [0.4, 0.5) is 0 Å². The molecule has 0 spiro atoms. The van der Waals surface area contributed by atoms with Crippen molar-refractivity contribution in [1.82, 2.24) is 5.32 Å². The van der Waals surface area contributed by atoms with Gasteiger partial charge in [-0.15, -0.1) is 0 Å². The minimum Gasteiger partial charge on any atom is -0.496 e. The highest BCUT2D eigenvalue weighted by molar-refractivity contribution is 5.50. The second-order valence-corrected chi connectivity index (χ2v) is 3.68. The zero-order valence-corrected chi connectivity index (χ0v) is 11.4. The summed E-state index contributed by atoms with van der Waals surface area (Å²) < 4.78 is 20.9. The summed E-state index contributed by atoms with van der Waals surface area (Å²) in [5, 5.41) is 3.26. The molecule has 0 bridgehead atoms. The molecule has 0 aliphatic heterocycles. The zero-order valence-electron chi connectivity index (χ0n) is 11.4. The Labute approximate surface area is 108 Å². The van der Waals surface area contributed by atoms with Gasteiger partial charge in [0.05, 0.1) is 33.5 Å². The van der Waals surface area contributed by atoms with Crippen LogP contribution in [0.15, 0.2) is 12.1 Å². The first kappa shape index (κ1) is 14.6. The van der Waals surface area contributed by atoms with E-state index in [4.69, 9.17) is 18.9 Å². The van der Waals surface area contributed by atoms with E-state index in [0.717, 1.165) is 23.6 Å². The Morgan fingerprint density at radius 1 is 0.944 bits per heavy atom. The van der Waals surface area contributed by atoms with E-state index < -0.39 is 0 Å². The maximum absolute atomic E-state index is 5.36. The number of hydrogen-bond acceptors (Lipinski definition) is 5. The van der Waals surface area contributed by atoms with E-state index in [2.05, 4.69) is 5.32 Å². The van der Waals surface area contributed by atoms with Crippen LogP contribution < -0.4 is 19.5 Å². The van der Waals surface area contributed by atoms with Crippen molar-refractivity contribution in [2.75, 3.05) is 41.6 Å². The molecule has 1 aromatic carbocycles. The predicted octanol–water partition coefficient (Wildman–Crippen LogP) is 1.45. The highest BCUT2D eigenvalue weighted by Gasteiger charge is 2.12. The van der Waals surface area contributed by atoms with E-state index >= 15 is 0 Å². The van der Waals surface area contributed by atoms with Crippen molar-refractivity contribution in [3.05, 3.63) is 17.7 Å². The summed E-state index contributed by atoms with van der Waals surface area (Å²) in [5.41, 5.74) is 0.969. The lowest BCUT2D eigenvalue weighted by Crippen LogP contribution is -2.19. The van der Waals surface area contributed by atoms with E-state index in [1.54, 1.807) is 28.4 Å². The van der Waals surface area contributed by atoms with Gasteiger partial charge in [-0.2, -0.15) is 0 Å². The van der Waals surface area contributed by atoms with Crippen molar-refractivity contribution in [2.45, 2.75) is 6.54 Å². The van der Waals surface area contributed by atoms with Crippen molar-refractivity contribution < 1.29 is 18.9 Å². The zero-order chi connectivity index (χ0) is 13.4. The third-order valence-electron chi connectivity index (χ3n) is 2.60. The molecule has 0 amide bonds. The summed E-state index contributed by atoms with van der Waals surface area (Å²) in [5.74, 6) is 2.21. The third-order valence-corrected chi connectivity index (χ3v) is 2.60. The lowest BCUT2D eigenvalue weighted by molar-refractivity contribution is 0.199. The molecule has 0 aliphatic rings. The SMILES string of the molecule is COCCNCc1c(OC)cc(OC)cc1OC. The van der Waals surface area contributed by atoms with E-state index in [-0.39, 0.29) is 0 Å². The Morgan fingerprint density at radius 3 is 2.00 bits per heavy atom. The first-order valence-electron chi connectivity index (χ1n) is 5.75. The van der Waals surface area contributed by atoms with Crippen LogP contribution in [0.25, 0.3) is 0 Å². The van der Waals surface area contributed by atoms with Crippen LogP contribution in [0.3, 0.4) is 0 Å². The molecule has 0 aromatic heterocycles. The smallest absolute Gasteiger partial charge is 0.130 e. The molecule has 0 unspecified atom stereocenters. The lowest BCUT2D eigenvalue weighted by atomic mass is 10.1. The Kier molecular flexibility index (Phi) is 6.32. The van der Waals surface area contributed by atoms with Crippen LogP contribution in [-0.4, -0.2) is 41.6 Å². The molecular formula is C13H21NO4. The monoisotopic (exact) mass is 255 g/mol. The van der Waals surface area contributed by atoms with Crippen LogP contribution in [0, 0.1) is 0 Å². The van der Waals surface area contributed by atoms with Crippen molar-refractivity contribution in [2.24, 2.45) is 0 Å². The van der Waals surface area contributed by atoms with Crippen molar-refractivity contribution in [3.63, 3.8) is 0 Å². The van der Waals surface area contributed by atoms with Gasteiger partial charge in [-0.3, -0.25) is 0 Å². The second kappa shape index (κ2) is 7.79. The Hall–Kier alpha value is -1.46. The summed E-state index contributed by atoms with van der Waals surface area (Å²) in [6.07, 6.45) is 0. The summed E-state index contributed by atoms with van der Waals surface area (Å²) in [6.45, 7) is 2.09. The van der Waals surface area contributed by atoms with Crippen molar-refractivity contribution in [3.8, 4) is 17.2 Å². The van der Waals surface area contributed by atoms with Crippen molar-refractivity contribution >= 4 is 0 Å². The molecule has 102 valence electrons. The van der Waals surface area contributed by atoms with Crippen LogP contribution in [0.5, 0.6) is 17.2 Å². The topological polar surface area (TPSA) is 49.0 Å². The van der Waals surface area contributed by atoms with E-state index in [1.807, 2.05) is 12.1 Å². The first-order valence-corrected chi connectivity index (χ1v) is 5.75. The normalized spacial score (nSPS) is 10.2. The number of ether oxygens (including phenoxy) is 4. The average molecular weight is 255 g/mol. The fourth-order valence-electron chi connectivity index (χ4n) is 1.64. The van der Waals surface area contributed by atoms with Gasteiger partial charge in [-0.1, -0.05) is 0 Å². The van der Waals surface area contributed by atoms with E-state index in [1.165, 1.54) is 0 Å². The van der Waals surface area contributed by atoms with Gasteiger partial charge < -0.3 is 24.3 Å². The molecule has 1 aromatic rings. The fourth-order valence-corrected chi connectivity index (χ4v) is 1.64. The van der Waals surface area contributed by atoms with Gasteiger partial charge in [-0.25, -0.2) is 0 Å². The summed E-state index contributed by atoms with van der Waals surface area (Å²) in [4.78, 5) is 0. The summed E-state index contributed by atoms with van der Waals surface area (Å²) in [7, 11) is 6.56. The lowest BCUT2D eigenvalue weighted by Gasteiger charge is -2.15. The van der Waals surface area contributed by atoms with Gasteiger partial charge in [0.15, 0.2) is 0 Å². The fraction of sp³-hybridized carbons (Fsp3) is 0.538. The second-order valence-electron chi connectivity index (χ2n) is 3.68. The molecule has 1 rings (SSSR count). The highest BCUT2D eigenvalue weighted by Crippen LogP contribution is 2.33. The van der Waals surface area contributed by atoms with Gasteiger partial charge in [0.2, 0.25) is 0 Å². The molecule has 0 radical (unpaired) electrons. The van der Waals surface area contributed by atoms with Crippen LogP contribution in [0.2, 0.25) is 0 Å². The molecular weight excluding hydrogens is 234 g/mol. The molecule has 0 atom stereocenters.